The first-order valence-corrected chi connectivity index (χ1v) is 8.80. The van der Waals surface area contributed by atoms with Crippen LogP contribution >= 0.6 is 0 Å². The van der Waals surface area contributed by atoms with Crippen molar-refractivity contribution in [3.05, 3.63) is 90.0 Å². The van der Waals surface area contributed by atoms with E-state index >= 15 is 0 Å². The zero-order valence-electron chi connectivity index (χ0n) is 15.2. The summed E-state index contributed by atoms with van der Waals surface area (Å²) in [7, 11) is 0. The number of carbonyl (C=O) groups excluding carboxylic acids is 2. The molecule has 3 aromatic rings. The number of primary amides is 1. The van der Waals surface area contributed by atoms with Crippen LogP contribution in [0.3, 0.4) is 0 Å². The van der Waals surface area contributed by atoms with E-state index in [-0.39, 0.29) is 12.5 Å². The average molecular weight is 375 g/mol. The fourth-order valence-corrected chi connectivity index (χ4v) is 2.57. The summed E-state index contributed by atoms with van der Waals surface area (Å²) in [4.78, 5) is 23.4. The zero-order valence-corrected chi connectivity index (χ0v) is 15.2. The zero-order chi connectivity index (χ0) is 19.8. The smallest absolute Gasteiger partial charge is 0.248 e. The highest BCUT2D eigenvalue weighted by molar-refractivity contribution is 5.97. The minimum atomic E-state index is -0.540. The van der Waals surface area contributed by atoms with E-state index < -0.39 is 5.91 Å². The Hall–Kier alpha value is -3.80. The summed E-state index contributed by atoms with van der Waals surface area (Å²) < 4.78 is 5.79. The highest BCUT2D eigenvalue weighted by atomic mass is 16.5. The largest absolute Gasteiger partial charge is 0.489 e. The number of carbonyl (C=O) groups is 2. The van der Waals surface area contributed by atoms with Gasteiger partial charge in [0.1, 0.15) is 12.4 Å². The van der Waals surface area contributed by atoms with E-state index in [2.05, 4.69) is 10.6 Å². The maximum atomic E-state index is 12.1. The van der Waals surface area contributed by atoms with Gasteiger partial charge < -0.3 is 21.1 Å². The summed E-state index contributed by atoms with van der Waals surface area (Å²) >= 11 is 0. The SMILES string of the molecule is NC(=O)c1cccc(NC(=O)CNc2cccc(OCc3ccccc3)c2)c1. The van der Waals surface area contributed by atoms with Crippen LogP contribution < -0.4 is 21.1 Å². The number of nitrogens with one attached hydrogen (secondary N) is 2. The molecular weight excluding hydrogens is 354 g/mol. The molecule has 6 nitrogen and oxygen atoms in total. The van der Waals surface area contributed by atoms with Crippen molar-refractivity contribution in [3.8, 4) is 5.75 Å². The minimum absolute atomic E-state index is 0.0724. The Labute approximate surface area is 163 Å². The van der Waals surface area contributed by atoms with E-state index in [1.165, 1.54) is 6.07 Å². The molecule has 0 bridgehead atoms. The summed E-state index contributed by atoms with van der Waals surface area (Å²) in [6, 6.07) is 23.8. The Morgan fingerprint density at radius 1 is 0.857 bits per heavy atom. The molecule has 0 saturated heterocycles. The molecule has 0 aromatic heterocycles. The van der Waals surface area contributed by atoms with Crippen LogP contribution in [0.4, 0.5) is 11.4 Å². The monoisotopic (exact) mass is 375 g/mol. The quantitative estimate of drug-likeness (QED) is 0.562. The molecule has 142 valence electrons. The summed E-state index contributed by atoms with van der Waals surface area (Å²) in [6.45, 7) is 0.546. The summed E-state index contributed by atoms with van der Waals surface area (Å²) in [5.74, 6) is -0.0674. The summed E-state index contributed by atoms with van der Waals surface area (Å²) in [6.07, 6.45) is 0. The van der Waals surface area contributed by atoms with E-state index in [4.69, 9.17) is 10.5 Å². The third-order valence-corrected chi connectivity index (χ3v) is 3.97. The van der Waals surface area contributed by atoms with Gasteiger partial charge in [-0.05, 0) is 35.9 Å². The van der Waals surface area contributed by atoms with Crippen molar-refractivity contribution in [1.29, 1.82) is 0 Å². The number of rotatable bonds is 8. The standard InChI is InChI=1S/C22H21N3O3/c23-22(27)17-8-4-10-19(12-17)25-21(26)14-24-18-9-5-11-20(13-18)28-15-16-6-2-1-3-7-16/h1-13,24H,14-15H2,(H2,23,27)(H,25,26). The Morgan fingerprint density at radius 3 is 2.39 bits per heavy atom. The lowest BCUT2D eigenvalue weighted by Crippen LogP contribution is -2.22. The predicted molar refractivity (Wildman–Crippen MR) is 109 cm³/mol. The van der Waals surface area contributed by atoms with Gasteiger partial charge in [0.2, 0.25) is 11.8 Å². The van der Waals surface area contributed by atoms with E-state index in [1.54, 1.807) is 18.2 Å². The molecule has 0 fully saturated rings. The van der Waals surface area contributed by atoms with Crippen LogP contribution in [0, 0.1) is 0 Å². The van der Waals surface area contributed by atoms with Crippen molar-refractivity contribution in [1.82, 2.24) is 0 Å². The first-order chi connectivity index (χ1) is 13.6. The second kappa shape index (κ2) is 9.23. The van der Waals surface area contributed by atoms with Crippen molar-refractivity contribution in [2.45, 2.75) is 6.61 Å². The number of amides is 2. The van der Waals surface area contributed by atoms with Crippen molar-refractivity contribution in [3.63, 3.8) is 0 Å². The Kier molecular flexibility index (Phi) is 6.25. The van der Waals surface area contributed by atoms with Gasteiger partial charge in [-0.2, -0.15) is 0 Å². The van der Waals surface area contributed by atoms with Crippen molar-refractivity contribution < 1.29 is 14.3 Å². The lowest BCUT2D eigenvalue weighted by molar-refractivity contribution is -0.114. The van der Waals surface area contributed by atoms with Gasteiger partial charge in [-0.15, -0.1) is 0 Å². The van der Waals surface area contributed by atoms with E-state index in [1.807, 2.05) is 54.6 Å². The lowest BCUT2D eigenvalue weighted by atomic mass is 10.2. The van der Waals surface area contributed by atoms with Gasteiger partial charge in [-0.1, -0.05) is 42.5 Å². The Morgan fingerprint density at radius 2 is 1.61 bits per heavy atom. The van der Waals surface area contributed by atoms with Gasteiger partial charge >= 0.3 is 0 Å². The highest BCUT2D eigenvalue weighted by Gasteiger charge is 2.06. The van der Waals surface area contributed by atoms with Crippen LogP contribution in [0.15, 0.2) is 78.9 Å². The maximum absolute atomic E-state index is 12.1. The van der Waals surface area contributed by atoms with Crippen LogP contribution in [0.2, 0.25) is 0 Å². The number of hydrogen-bond donors (Lipinski definition) is 3. The first-order valence-electron chi connectivity index (χ1n) is 8.80. The number of ether oxygens (including phenoxy) is 1. The van der Waals surface area contributed by atoms with Gasteiger partial charge in [-0.25, -0.2) is 0 Å². The summed E-state index contributed by atoms with van der Waals surface area (Å²) in [5.41, 5.74) is 7.96. The van der Waals surface area contributed by atoms with Crippen molar-refractivity contribution in [2.24, 2.45) is 5.73 Å². The maximum Gasteiger partial charge on any atom is 0.248 e. The van der Waals surface area contributed by atoms with E-state index in [9.17, 15) is 9.59 Å². The van der Waals surface area contributed by atoms with E-state index in [0.717, 1.165) is 11.3 Å². The lowest BCUT2D eigenvalue weighted by Gasteiger charge is -2.11. The number of nitrogens with two attached hydrogens (primary N) is 1. The van der Waals surface area contributed by atoms with Crippen LogP contribution in [-0.2, 0) is 11.4 Å². The molecular formula is C22H21N3O3. The molecule has 0 aliphatic heterocycles. The molecule has 0 spiro atoms. The van der Waals surface area contributed by atoms with Gasteiger partial charge in [-0.3, -0.25) is 9.59 Å². The van der Waals surface area contributed by atoms with Gasteiger partial charge in [0, 0.05) is 23.0 Å². The predicted octanol–water partition coefficient (Wildman–Crippen LogP) is 3.42. The molecule has 0 unspecified atom stereocenters. The molecule has 3 rings (SSSR count). The number of benzene rings is 3. The molecule has 28 heavy (non-hydrogen) atoms. The molecule has 4 N–H and O–H groups in total. The highest BCUT2D eigenvalue weighted by Crippen LogP contribution is 2.18. The van der Waals surface area contributed by atoms with Crippen molar-refractivity contribution in [2.75, 3.05) is 17.2 Å². The Bertz CT molecular complexity index is 958. The molecule has 2 amide bonds. The van der Waals surface area contributed by atoms with Gasteiger partial charge in [0.25, 0.3) is 0 Å². The number of anilines is 2. The van der Waals surface area contributed by atoms with Crippen LogP contribution in [-0.4, -0.2) is 18.4 Å². The summed E-state index contributed by atoms with van der Waals surface area (Å²) in [5, 5.41) is 5.79. The molecule has 3 aromatic carbocycles. The molecule has 0 saturated carbocycles. The number of hydrogen-bond acceptors (Lipinski definition) is 4. The normalized spacial score (nSPS) is 10.1. The molecule has 0 aliphatic carbocycles. The van der Waals surface area contributed by atoms with Gasteiger partial charge in [0.05, 0.1) is 6.54 Å². The minimum Gasteiger partial charge on any atom is -0.489 e. The first kappa shape index (κ1) is 19.0. The Balaban J connectivity index is 1.52. The molecule has 0 aliphatic rings. The third-order valence-electron chi connectivity index (χ3n) is 3.97. The van der Waals surface area contributed by atoms with Gasteiger partial charge in [0.15, 0.2) is 0 Å². The fourth-order valence-electron chi connectivity index (χ4n) is 2.57. The molecule has 0 radical (unpaired) electrons. The average Bonchev–Trinajstić information content (AvgIpc) is 2.72. The third kappa shape index (κ3) is 5.60. The molecule has 0 heterocycles. The molecule has 0 atom stereocenters. The second-order valence-corrected chi connectivity index (χ2v) is 6.15. The van der Waals surface area contributed by atoms with Crippen LogP contribution in [0.1, 0.15) is 15.9 Å². The fraction of sp³-hybridized carbons (Fsp3) is 0.0909. The molecule has 6 heteroatoms. The van der Waals surface area contributed by atoms with Crippen LogP contribution in [0.25, 0.3) is 0 Å². The van der Waals surface area contributed by atoms with Crippen molar-refractivity contribution >= 4 is 23.2 Å². The topological polar surface area (TPSA) is 93.5 Å². The van der Waals surface area contributed by atoms with E-state index in [0.29, 0.717) is 23.6 Å². The van der Waals surface area contributed by atoms with Crippen LogP contribution in [0.5, 0.6) is 5.75 Å². The second-order valence-electron chi connectivity index (χ2n) is 6.15.